The molecule has 3 N–H and O–H groups in total. The molecule has 1 aliphatic rings. The van der Waals surface area contributed by atoms with E-state index in [1.807, 2.05) is 20.8 Å². The van der Waals surface area contributed by atoms with Crippen LogP contribution in [0, 0.1) is 5.92 Å². The monoisotopic (exact) mass is 433 g/mol. The molecule has 170 valence electrons. The van der Waals surface area contributed by atoms with E-state index >= 15 is 0 Å². The third-order valence-corrected chi connectivity index (χ3v) is 5.05. The van der Waals surface area contributed by atoms with E-state index < -0.39 is 11.6 Å². The van der Waals surface area contributed by atoms with Crippen LogP contribution >= 0.6 is 0 Å². The van der Waals surface area contributed by atoms with Crippen molar-refractivity contribution in [2.75, 3.05) is 13.1 Å². The molecule has 2 rings (SSSR count). The molecule has 0 saturated carbocycles. The van der Waals surface area contributed by atoms with E-state index in [1.54, 1.807) is 4.90 Å². The first-order valence-corrected chi connectivity index (χ1v) is 10.4. The van der Waals surface area contributed by atoms with Gasteiger partial charge in [-0.3, -0.25) is 4.79 Å². The molecule has 31 heavy (non-hydrogen) atoms. The van der Waals surface area contributed by atoms with E-state index in [0.717, 1.165) is 19.3 Å². The van der Waals surface area contributed by atoms with Crippen molar-refractivity contribution in [2.24, 2.45) is 11.1 Å². The molecule has 9 heteroatoms. The highest BCUT2D eigenvalue weighted by Crippen LogP contribution is 2.24. The number of oxime groups is 1. The first-order chi connectivity index (χ1) is 14.6. The Balaban J connectivity index is 1.72. The quantitative estimate of drug-likeness (QED) is 0.273. The molecule has 0 unspecified atom stereocenters. The second-order valence-electron chi connectivity index (χ2n) is 8.68. The Kier molecular flexibility index (Phi) is 8.41. The van der Waals surface area contributed by atoms with Crippen LogP contribution in [0.25, 0.3) is 0 Å². The molecule has 1 heterocycles. The average Bonchev–Trinajstić information content (AvgIpc) is 2.71. The van der Waals surface area contributed by atoms with Gasteiger partial charge >= 0.3 is 12.1 Å². The molecule has 0 radical (unpaired) electrons. The van der Waals surface area contributed by atoms with Gasteiger partial charge in [0.15, 0.2) is 5.84 Å². The minimum atomic E-state index is -1.06. The molecule has 0 aromatic heterocycles. The number of likely N-dealkylation sites (tertiary alicyclic amines) is 1. The summed E-state index contributed by atoms with van der Waals surface area (Å²) in [7, 11) is 0. The lowest BCUT2D eigenvalue weighted by atomic mass is 9.91. The summed E-state index contributed by atoms with van der Waals surface area (Å²) in [5, 5.41) is 23.8. The lowest BCUT2D eigenvalue weighted by molar-refractivity contribution is -0.119. The molecule has 0 spiro atoms. The molecule has 1 aromatic carbocycles. The molecule has 1 saturated heterocycles. The maximum atomic E-state index is 12.2. The highest BCUT2D eigenvalue weighted by atomic mass is 16.6. The normalized spacial score (nSPS) is 15.5. The van der Waals surface area contributed by atoms with Crippen LogP contribution in [0.4, 0.5) is 4.79 Å². The van der Waals surface area contributed by atoms with Crippen molar-refractivity contribution >= 4 is 23.8 Å². The van der Waals surface area contributed by atoms with Gasteiger partial charge in [0.05, 0.1) is 5.56 Å². The first-order valence-electron chi connectivity index (χ1n) is 10.4. The van der Waals surface area contributed by atoms with Gasteiger partial charge in [-0.2, -0.15) is 0 Å². The molecule has 0 atom stereocenters. The average molecular weight is 434 g/mol. The van der Waals surface area contributed by atoms with Crippen LogP contribution in [-0.2, 0) is 9.53 Å². The molecule has 1 fully saturated rings. The number of nitrogens with zero attached hydrogens (tertiary/aromatic N) is 2. The molecule has 1 aromatic rings. The van der Waals surface area contributed by atoms with E-state index in [4.69, 9.17) is 9.84 Å². The van der Waals surface area contributed by atoms with Gasteiger partial charge < -0.3 is 25.3 Å². The summed E-state index contributed by atoms with van der Waals surface area (Å²) >= 11 is 0. The van der Waals surface area contributed by atoms with Gasteiger partial charge in [0.25, 0.3) is 0 Å². The van der Waals surface area contributed by atoms with Crippen LogP contribution in [-0.4, -0.2) is 57.7 Å². The Morgan fingerprint density at radius 3 is 2.23 bits per heavy atom. The number of amidine groups is 1. The standard InChI is InChI=1S/C22H31N3O6/c1-22(2,3)31-21(29)25-13-11-15(12-14-25)5-4-6-18(26)23-19(24-30)16-7-9-17(10-8-16)20(27)28/h7-10,15,30H,4-6,11-14H2,1-3H3,(H,27,28)(H,23,24,26). The zero-order chi connectivity index (χ0) is 23.0. The second-order valence-corrected chi connectivity index (χ2v) is 8.68. The molecule has 2 amide bonds. The third kappa shape index (κ3) is 7.92. The topological polar surface area (TPSA) is 129 Å². The lowest BCUT2D eigenvalue weighted by Gasteiger charge is -2.33. The summed E-state index contributed by atoms with van der Waals surface area (Å²) in [6, 6.07) is 5.69. The van der Waals surface area contributed by atoms with Gasteiger partial charge in [-0.1, -0.05) is 17.3 Å². The van der Waals surface area contributed by atoms with E-state index in [9.17, 15) is 19.6 Å². The van der Waals surface area contributed by atoms with Crippen molar-refractivity contribution in [3.8, 4) is 0 Å². The number of carboxylic acid groups (broad SMARTS) is 1. The van der Waals surface area contributed by atoms with Gasteiger partial charge in [0.1, 0.15) is 5.60 Å². The highest BCUT2D eigenvalue weighted by Gasteiger charge is 2.26. The predicted molar refractivity (Wildman–Crippen MR) is 114 cm³/mol. The van der Waals surface area contributed by atoms with Crippen LogP contribution in [0.1, 0.15) is 68.8 Å². The first kappa shape index (κ1) is 24.2. The fraction of sp³-hybridized carbons (Fsp3) is 0.545. The van der Waals surface area contributed by atoms with Crippen LogP contribution in [0.15, 0.2) is 29.4 Å². The SMILES string of the molecule is CC(C)(C)OC(=O)N1CCC(CCCC(=O)N/C(=N/O)c2ccc(C(=O)O)cc2)CC1. The predicted octanol–water partition coefficient (Wildman–Crippen LogP) is 3.45. The van der Waals surface area contributed by atoms with E-state index in [1.165, 1.54) is 24.3 Å². The number of piperidine rings is 1. The summed E-state index contributed by atoms with van der Waals surface area (Å²) in [5.74, 6) is -0.912. The number of ether oxygens (including phenoxy) is 1. The molecule has 0 bridgehead atoms. The van der Waals surface area contributed by atoms with Gasteiger partial charge in [-0.15, -0.1) is 0 Å². The smallest absolute Gasteiger partial charge is 0.410 e. The summed E-state index contributed by atoms with van der Waals surface area (Å²) in [6.45, 7) is 6.85. The number of rotatable bonds is 6. The molecular weight excluding hydrogens is 402 g/mol. The van der Waals surface area contributed by atoms with Crippen LogP contribution in [0.5, 0.6) is 0 Å². The maximum absolute atomic E-state index is 12.2. The number of aromatic carboxylic acids is 1. The van der Waals surface area contributed by atoms with Crippen LogP contribution < -0.4 is 5.32 Å². The Morgan fingerprint density at radius 2 is 1.71 bits per heavy atom. The number of carboxylic acids is 1. The van der Waals surface area contributed by atoms with Gasteiger partial charge in [0, 0.05) is 25.1 Å². The number of nitrogens with one attached hydrogen (secondary N) is 1. The van der Waals surface area contributed by atoms with Crippen molar-refractivity contribution in [2.45, 2.75) is 58.5 Å². The number of benzene rings is 1. The van der Waals surface area contributed by atoms with Gasteiger partial charge in [-0.05, 0) is 64.5 Å². The zero-order valence-corrected chi connectivity index (χ0v) is 18.3. The molecule has 9 nitrogen and oxygen atoms in total. The zero-order valence-electron chi connectivity index (χ0n) is 18.3. The highest BCUT2D eigenvalue weighted by molar-refractivity contribution is 6.07. The number of hydrogen-bond acceptors (Lipinski definition) is 6. The largest absolute Gasteiger partial charge is 0.478 e. The fourth-order valence-electron chi connectivity index (χ4n) is 3.40. The number of hydrogen-bond donors (Lipinski definition) is 3. The van der Waals surface area contributed by atoms with Crippen molar-refractivity contribution in [3.63, 3.8) is 0 Å². The Bertz CT molecular complexity index is 806. The number of carbonyl (C=O) groups excluding carboxylic acids is 2. The van der Waals surface area contributed by atoms with Crippen LogP contribution in [0.2, 0.25) is 0 Å². The van der Waals surface area contributed by atoms with Gasteiger partial charge in [-0.25, -0.2) is 9.59 Å². The van der Waals surface area contributed by atoms with Crippen molar-refractivity contribution in [3.05, 3.63) is 35.4 Å². The minimum Gasteiger partial charge on any atom is -0.478 e. The van der Waals surface area contributed by atoms with Crippen molar-refractivity contribution < 1.29 is 29.4 Å². The van der Waals surface area contributed by atoms with E-state index in [2.05, 4.69) is 10.5 Å². The third-order valence-electron chi connectivity index (χ3n) is 5.05. The van der Waals surface area contributed by atoms with Crippen molar-refractivity contribution in [1.29, 1.82) is 0 Å². The molecular formula is C22H31N3O6. The lowest BCUT2D eigenvalue weighted by Crippen LogP contribution is -2.41. The molecule has 1 aliphatic heterocycles. The van der Waals surface area contributed by atoms with E-state index in [0.29, 0.717) is 31.0 Å². The van der Waals surface area contributed by atoms with E-state index in [-0.39, 0.29) is 29.8 Å². The number of amides is 2. The Labute approximate surface area is 182 Å². The second kappa shape index (κ2) is 10.8. The summed E-state index contributed by atoms with van der Waals surface area (Å²) in [6.07, 6.45) is 3.30. The Morgan fingerprint density at radius 1 is 1.13 bits per heavy atom. The van der Waals surface area contributed by atoms with Crippen LogP contribution in [0.3, 0.4) is 0 Å². The summed E-state index contributed by atoms with van der Waals surface area (Å²) < 4.78 is 5.40. The fourth-order valence-corrected chi connectivity index (χ4v) is 3.40. The summed E-state index contributed by atoms with van der Waals surface area (Å²) in [5.41, 5.74) is 0.0106. The molecule has 0 aliphatic carbocycles. The number of carbonyl (C=O) groups is 3. The minimum absolute atomic E-state index is 0.0207. The Hall–Kier alpha value is -3.10. The maximum Gasteiger partial charge on any atom is 0.410 e. The summed E-state index contributed by atoms with van der Waals surface area (Å²) in [4.78, 5) is 37.0. The van der Waals surface area contributed by atoms with Gasteiger partial charge in [0.2, 0.25) is 5.91 Å². The van der Waals surface area contributed by atoms with Crippen molar-refractivity contribution in [1.82, 2.24) is 10.2 Å².